The molecule has 0 unspecified atom stereocenters. The van der Waals surface area contributed by atoms with Crippen LogP contribution in [-0.2, 0) is 0 Å². The maximum absolute atomic E-state index is 8.99. The number of hydrogen-bond acceptors (Lipinski definition) is 2. The van der Waals surface area contributed by atoms with Crippen LogP contribution in [-0.4, -0.2) is 36.2 Å². The Labute approximate surface area is 132 Å². The molecule has 1 saturated carbocycles. The summed E-state index contributed by atoms with van der Waals surface area (Å²) < 4.78 is 0. The summed E-state index contributed by atoms with van der Waals surface area (Å²) in [6, 6.07) is 0. The van der Waals surface area contributed by atoms with E-state index in [1.165, 1.54) is 96.6 Å². The van der Waals surface area contributed by atoms with Gasteiger partial charge in [0.1, 0.15) is 0 Å². The van der Waals surface area contributed by atoms with E-state index in [1.807, 2.05) is 0 Å². The summed E-state index contributed by atoms with van der Waals surface area (Å²) >= 11 is 0. The molecule has 1 saturated heterocycles. The van der Waals surface area contributed by atoms with Crippen molar-refractivity contribution in [2.75, 3.05) is 26.2 Å². The van der Waals surface area contributed by atoms with E-state index < -0.39 is 0 Å². The average molecular weight is 296 g/mol. The fraction of sp³-hybridized carbons (Fsp3) is 1.00. The monoisotopic (exact) mass is 295 g/mol. The number of piperidine rings is 1. The van der Waals surface area contributed by atoms with Crippen LogP contribution in [0.5, 0.6) is 0 Å². The molecule has 2 nitrogen and oxygen atoms in total. The Hall–Kier alpha value is -0.0800. The summed E-state index contributed by atoms with van der Waals surface area (Å²) in [5, 5.41) is 8.99. The number of rotatable bonds is 3. The standard InChI is InChI=1S/C19H37NO/c21-18-10-15-20-16-13-19(14-17-20)11-8-6-4-2-1-3-5-7-9-12-19/h21H,1-18H2. The zero-order chi connectivity index (χ0) is 14.8. The lowest BCUT2D eigenvalue weighted by Gasteiger charge is -2.42. The second-order valence-electron chi connectivity index (χ2n) is 7.60. The van der Waals surface area contributed by atoms with Crippen LogP contribution in [0.1, 0.15) is 89.9 Å². The van der Waals surface area contributed by atoms with Crippen LogP contribution in [0.2, 0.25) is 0 Å². The number of nitrogens with zero attached hydrogens (tertiary/aromatic N) is 1. The molecular formula is C19H37NO. The van der Waals surface area contributed by atoms with Gasteiger partial charge in [0.25, 0.3) is 0 Å². The van der Waals surface area contributed by atoms with Gasteiger partial charge in [0.05, 0.1) is 0 Å². The SMILES string of the molecule is OCCCN1CCC2(CCCCCCCCCCC2)CC1. The van der Waals surface area contributed by atoms with Crippen molar-refractivity contribution >= 4 is 0 Å². The zero-order valence-corrected chi connectivity index (χ0v) is 14.1. The highest BCUT2D eigenvalue weighted by Crippen LogP contribution is 2.41. The minimum Gasteiger partial charge on any atom is -0.396 e. The van der Waals surface area contributed by atoms with Gasteiger partial charge in [-0.05, 0) is 50.6 Å². The minimum absolute atomic E-state index is 0.349. The molecule has 1 aliphatic heterocycles. The molecule has 124 valence electrons. The van der Waals surface area contributed by atoms with Crippen LogP contribution in [0.15, 0.2) is 0 Å². The van der Waals surface area contributed by atoms with Gasteiger partial charge in [0.2, 0.25) is 0 Å². The second-order valence-corrected chi connectivity index (χ2v) is 7.60. The van der Waals surface area contributed by atoms with E-state index in [4.69, 9.17) is 5.11 Å². The Morgan fingerprint density at radius 2 is 1.14 bits per heavy atom. The van der Waals surface area contributed by atoms with Crippen molar-refractivity contribution in [2.24, 2.45) is 5.41 Å². The van der Waals surface area contributed by atoms with E-state index >= 15 is 0 Å². The molecule has 2 fully saturated rings. The number of likely N-dealkylation sites (tertiary alicyclic amines) is 1. The Bertz CT molecular complexity index is 244. The smallest absolute Gasteiger partial charge is 0.0443 e. The fourth-order valence-electron chi connectivity index (χ4n) is 4.41. The van der Waals surface area contributed by atoms with Crippen molar-refractivity contribution in [3.8, 4) is 0 Å². The highest BCUT2D eigenvalue weighted by Gasteiger charge is 2.33. The Balaban J connectivity index is 1.79. The van der Waals surface area contributed by atoms with Gasteiger partial charge in [0, 0.05) is 13.2 Å². The normalized spacial score (nSPS) is 26.1. The van der Waals surface area contributed by atoms with Crippen LogP contribution in [0.4, 0.5) is 0 Å². The summed E-state index contributed by atoms with van der Waals surface area (Å²) in [4.78, 5) is 2.58. The van der Waals surface area contributed by atoms with Gasteiger partial charge >= 0.3 is 0 Å². The molecule has 2 heteroatoms. The van der Waals surface area contributed by atoms with E-state index in [0.29, 0.717) is 12.0 Å². The Kier molecular flexibility index (Phi) is 8.10. The summed E-state index contributed by atoms with van der Waals surface area (Å²) in [5.41, 5.74) is 0.676. The molecule has 0 aromatic carbocycles. The van der Waals surface area contributed by atoms with Crippen LogP contribution >= 0.6 is 0 Å². The van der Waals surface area contributed by atoms with Crippen molar-refractivity contribution in [1.82, 2.24) is 4.90 Å². The molecule has 0 atom stereocenters. The third-order valence-corrected chi connectivity index (χ3v) is 5.96. The molecule has 1 N–H and O–H groups in total. The lowest BCUT2D eigenvalue weighted by Crippen LogP contribution is -2.40. The van der Waals surface area contributed by atoms with Crippen molar-refractivity contribution in [3.05, 3.63) is 0 Å². The third kappa shape index (κ3) is 6.28. The maximum atomic E-state index is 8.99. The van der Waals surface area contributed by atoms with Gasteiger partial charge in [-0.1, -0.05) is 57.8 Å². The first-order valence-corrected chi connectivity index (χ1v) is 9.68. The summed E-state index contributed by atoms with van der Waals surface area (Å²) in [6.07, 6.45) is 20.0. The van der Waals surface area contributed by atoms with Gasteiger partial charge in [-0.25, -0.2) is 0 Å². The number of aliphatic hydroxyl groups is 1. The van der Waals surface area contributed by atoms with E-state index in [-0.39, 0.29) is 0 Å². The lowest BCUT2D eigenvalue weighted by molar-refractivity contribution is 0.0771. The number of aliphatic hydroxyl groups excluding tert-OH is 1. The predicted molar refractivity (Wildman–Crippen MR) is 90.6 cm³/mol. The molecule has 0 aromatic heterocycles. The molecular weight excluding hydrogens is 258 g/mol. The van der Waals surface area contributed by atoms with Crippen LogP contribution < -0.4 is 0 Å². The fourth-order valence-corrected chi connectivity index (χ4v) is 4.41. The van der Waals surface area contributed by atoms with Gasteiger partial charge < -0.3 is 10.0 Å². The van der Waals surface area contributed by atoms with E-state index in [2.05, 4.69) is 4.90 Å². The van der Waals surface area contributed by atoms with Crippen LogP contribution in [0.25, 0.3) is 0 Å². The molecule has 1 heterocycles. The average Bonchev–Trinajstić information content (AvgIpc) is 2.50. The third-order valence-electron chi connectivity index (χ3n) is 5.96. The molecule has 1 aliphatic carbocycles. The van der Waals surface area contributed by atoms with Gasteiger partial charge in [-0.3, -0.25) is 0 Å². The van der Waals surface area contributed by atoms with Crippen molar-refractivity contribution < 1.29 is 5.11 Å². The largest absolute Gasteiger partial charge is 0.396 e. The van der Waals surface area contributed by atoms with Gasteiger partial charge in [-0.15, -0.1) is 0 Å². The van der Waals surface area contributed by atoms with Gasteiger partial charge in [0.15, 0.2) is 0 Å². The Morgan fingerprint density at radius 1 is 0.667 bits per heavy atom. The summed E-state index contributed by atoms with van der Waals surface area (Å²) in [5.74, 6) is 0. The summed E-state index contributed by atoms with van der Waals surface area (Å²) in [6.45, 7) is 4.01. The van der Waals surface area contributed by atoms with Crippen molar-refractivity contribution in [1.29, 1.82) is 0 Å². The topological polar surface area (TPSA) is 23.5 Å². The quantitative estimate of drug-likeness (QED) is 0.811. The molecule has 21 heavy (non-hydrogen) atoms. The van der Waals surface area contributed by atoms with Crippen molar-refractivity contribution in [2.45, 2.75) is 89.9 Å². The summed E-state index contributed by atoms with van der Waals surface area (Å²) in [7, 11) is 0. The molecule has 1 spiro atoms. The Morgan fingerprint density at radius 3 is 1.62 bits per heavy atom. The molecule has 0 aromatic rings. The molecule has 0 bridgehead atoms. The lowest BCUT2D eigenvalue weighted by atomic mass is 9.71. The van der Waals surface area contributed by atoms with Crippen molar-refractivity contribution in [3.63, 3.8) is 0 Å². The number of hydrogen-bond donors (Lipinski definition) is 1. The molecule has 2 aliphatic rings. The highest BCUT2D eigenvalue weighted by atomic mass is 16.3. The molecule has 0 amide bonds. The molecule has 2 rings (SSSR count). The highest BCUT2D eigenvalue weighted by molar-refractivity contribution is 4.86. The predicted octanol–water partition coefficient (Wildman–Crippen LogP) is 4.76. The van der Waals surface area contributed by atoms with E-state index in [9.17, 15) is 0 Å². The molecule has 0 radical (unpaired) electrons. The maximum Gasteiger partial charge on any atom is 0.0443 e. The minimum atomic E-state index is 0.349. The first-order valence-electron chi connectivity index (χ1n) is 9.68. The van der Waals surface area contributed by atoms with Crippen LogP contribution in [0, 0.1) is 5.41 Å². The second kappa shape index (κ2) is 9.84. The zero-order valence-electron chi connectivity index (χ0n) is 14.1. The van der Waals surface area contributed by atoms with E-state index in [1.54, 1.807) is 0 Å². The van der Waals surface area contributed by atoms with Gasteiger partial charge in [-0.2, -0.15) is 0 Å². The van der Waals surface area contributed by atoms with E-state index in [0.717, 1.165) is 13.0 Å². The van der Waals surface area contributed by atoms with Crippen LogP contribution in [0.3, 0.4) is 0 Å². The first kappa shape index (κ1) is 17.3. The first-order chi connectivity index (χ1) is 10.3.